The number of anilines is 1. The molecule has 1 aliphatic heterocycles. The predicted octanol–water partition coefficient (Wildman–Crippen LogP) is 2.63. The van der Waals surface area contributed by atoms with Gasteiger partial charge >= 0.3 is 5.97 Å². The maximum Gasteiger partial charge on any atom is 0.311 e. The van der Waals surface area contributed by atoms with Crippen molar-refractivity contribution in [3.8, 4) is 0 Å². The number of esters is 1. The molecule has 1 heterocycles. The summed E-state index contributed by atoms with van der Waals surface area (Å²) in [5.41, 5.74) is 2.09. The summed E-state index contributed by atoms with van der Waals surface area (Å²) in [4.78, 5) is 12.0. The minimum atomic E-state index is -0.197. The van der Waals surface area contributed by atoms with Gasteiger partial charge in [0, 0.05) is 12.2 Å². The van der Waals surface area contributed by atoms with E-state index in [1.165, 1.54) is 5.56 Å². The Labute approximate surface area is 120 Å². The minimum absolute atomic E-state index is 0.112. The van der Waals surface area contributed by atoms with E-state index in [1.807, 2.05) is 45.0 Å². The van der Waals surface area contributed by atoms with Crippen LogP contribution in [-0.2, 0) is 20.7 Å². The molecule has 0 fully saturated rings. The van der Waals surface area contributed by atoms with Crippen molar-refractivity contribution in [1.82, 2.24) is 0 Å². The van der Waals surface area contributed by atoms with E-state index >= 15 is 0 Å². The van der Waals surface area contributed by atoms with Crippen molar-refractivity contribution in [2.24, 2.45) is 5.92 Å². The van der Waals surface area contributed by atoms with Crippen LogP contribution in [0.2, 0.25) is 0 Å². The monoisotopic (exact) mass is 277 g/mol. The third-order valence-electron chi connectivity index (χ3n) is 3.22. The standard InChI is InChI=1S/C16H23NO3/c1-16(2,3)20-9-8-19-15(18)13-10-12-6-4-5-7-14(12)17-11-13/h4-7,13,17H,8-11H2,1-3H3. The Morgan fingerprint density at radius 2 is 2.05 bits per heavy atom. The molecule has 4 nitrogen and oxygen atoms in total. The number of nitrogens with one attached hydrogen (secondary N) is 1. The largest absolute Gasteiger partial charge is 0.463 e. The van der Waals surface area contributed by atoms with Crippen LogP contribution in [0.3, 0.4) is 0 Å². The minimum Gasteiger partial charge on any atom is -0.463 e. The van der Waals surface area contributed by atoms with Gasteiger partial charge in [0.15, 0.2) is 0 Å². The van der Waals surface area contributed by atoms with Gasteiger partial charge in [-0.1, -0.05) is 18.2 Å². The van der Waals surface area contributed by atoms with Crippen LogP contribution in [0.1, 0.15) is 26.3 Å². The lowest BCUT2D eigenvalue weighted by molar-refractivity contribution is -0.151. The van der Waals surface area contributed by atoms with Gasteiger partial charge in [-0.15, -0.1) is 0 Å². The smallest absolute Gasteiger partial charge is 0.311 e. The van der Waals surface area contributed by atoms with Crippen molar-refractivity contribution in [1.29, 1.82) is 0 Å². The number of fused-ring (bicyclic) bond motifs is 1. The quantitative estimate of drug-likeness (QED) is 0.679. The van der Waals surface area contributed by atoms with Gasteiger partial charge in [0.05, 0.1) is 18.1 Å². The Balaban J connectivity index is 1.77. The number of ether oxygens (including phenoxy) is 2. The van der Waals surface area contributed by atoms with E-state index in [2.05, 4.69) is 5.32 Å². The molecule has 0 bridgehead atoms. The molecule has 0 saturated carbocycles. The number of rotatable bonds is 4. The van der Waals surface area contributed by atoms with Crippen LogP contribution in [0.4, 0.5) is 5.69 Å². The van der Waals surface area contributed by atoms with Gasteiger partial charge in [0.1, 0.15) is 6.61 Å². The molecule has 0 amide bonds. The van der Waals surface area contributed by atoms with E-state index in [0.717, 1.165) is 12.1 Å². The van der Waals surface area contributed by atoms with E-state index in [0.29, 0.717) is 19.8 Å². The maximum absolute atomic E-state index is 12.0. The van der Waals surface area contributed by atoms with Gasteiger partial charge in [-0.3, -0.25) is 4.79 Å². The molecule has 1 aliphatic rings. The summed E-state index contributed by atoms with van der Waals surface area (Å²) in [5.74, 6) is -0.260. The SMILES string of the molecule is CC(C)(C)OCCOC(=O)C1CNc2ccccc2C1. The zero-order chi connectivity index (χ0) is 14.6. The Kier molecular flexibility index (Phi) is 4.65. The Morgan fingerprint density at radius 1 is 1.30 bits per heavy atom. The molecule has 1 aromatic rings. The van der Waals surface area contributed by atoms with Crippen LogP contribution in [0.25, 0.3) is 0 Å². The molecule has 4 heteroatoms. The second kappa shape index (κ2) is 6.27. The number of para-hydroxylation sites is 1. The molecule has 0 aliphatic carbocycles. The molecule has 1 atom stereocenters. The zero-order valence-corrected chi connectivity index (χ0v) is 12.4. The van der Waals surface area contributed by atoms with Crippen LogP contribution in [-0.4, -0.2) is 31.3 Å². The lowest BCUT2D eigenvalue weighted by Gasteiger charge is -2.25. The zero-order valence-electron chi connectivity index (χ0n) is 12.4. The van der Waals surface area contributed by atoms with Gasteiger partial charge in [-0.25, -0.2) is 0 Å². The van der Waals surface area contributed by atoms with Crippen molar-refractivity contribution in [3.63, 3.8) is 0 Å². The van der Waals surface area contributed by atoms with E-state index in [1.54, 1.807) is 0 Å². The van der Waals surface area contributed by atoms with E-state index in [9.17, 15) is 4.79 Å². The molecule has 0 spiro atoms. The number of carbonyl (C=O) groups is 1. The lowest BCUT2D eigenvalue weighted by Crippen LogP contribution is -2.32. The highest BCUT2D eigenvalue weighted by Crippen LogP contribution is 2.24. The van der Waals surface area contributed by atoms with Gasteiger partial charge in [-0.05, 0) is 38.8 Å². The first-order valence-corrected chi connectivity index (χ1v) is 7.08. The van der Waals surface area contributed by atoms with Crippen LogP contribution in [0.5, 0.6) is 0 Å². The van der Waals surface area contributed by atoms with Crippen molar-refractivity contribution in [2.45, 2.75) is 32.8 Å². The third kappa shape index (κ3) is 4.23. The van der Waals surface area contributed by atoms with Gasteiger partial charge in [-0.2, -0.15) is 0 Å². The Hall–Kier alpha value is -1.55. The van der Waals surface area contributed by atoms with E-state index < -0.39 is 0 Å². The van der Waals surface area contributed by atoms with Crippen LogP contribution >= 0.6 is 0 Å². The number of hydrogen-bond acceptors (Lipinski definition) is 4. The van der Waals surface area contributed by atoms with Crippen molar-refractivity contribution in [2.75, 3.05) is 25.1 Å². The third-order valence-corrected chi connectivity index (χ3v) is 3.22. The Bertz CT molecular complexity index is 465. The van der Waals surface area contributed by atoms with Gasteiger partial charge in [0.25, 0.3) is 0 Å². The fourth-order valence-electron chi connectivity index (χ4n) is 2.22. The molecule has 1 aromatic carbocycles. The fraction of sp³-hybridized carbons (Fsp3) is 0.562. The summed E-state index contributed by atoms with van der Waals surface area (Å²) in [7, 11) is 0. The fourth-order valence-corrected chi connectivity index (χ4v) is 2.22. The number of carbonyl (C=O) groups excluding carboxylic acids is 1. The molecular weight excluding hydrogens is 254 g/mol. The predicted molar refractivity (Wildman–Crippen MR) is 78.8 cm³/mol. The first-order chi connectivity index (χ1) is 9.46. The lowest BCUT2D eigenvalue weighted by atomic mass is 9.94. The topological polar surface area (TPSA) is 47.6 Å². The van der Waals surface area contributed by atoms with E-state index in [-0.39, 0.29) is 17.5 Å². The molecule has 2 rings (SSSR count). The summed E-state index contributed by atoms with van der Waals surface area (Å²) in [6, 6.07) is 8.07. The molecule has 1 unspecified atom stereocenters. The highest BCUT2D eigenvalue weighted by Gasteiger charge is 2.25. The van der Waals surface area contributed by atoms with Crippen LogP contribution < -0.4 is 5.32 Å². The van der Waals surface area contributed by atoms with Gasteiger partial charge in [0.2, 0.25) is 0 Å². The highest BCUT2D eigenvalue weighted by atomic mass is 16.6. The van der Waals surface area contributed by atoms with Crippen molar-refractivity contribution < 1.29 is 14.3 Å². The van der Waals surface area contributed by atoms with E-state index in [4.69, 9.17) is 9.47 Å². The number of benzene rings is 1. The average Bonchev–Trinajstić information content (AvgIpc) is 2.42. The van der Waals surface area contributed by atoms with Crippen molar-refractivity contribution >= 4 is 11.7 Å². The molecule has 1 N–H and O–H groups in total. The Morgan fingerprint density at radius 3 is 2.80 bits per heavy atom. The summed E-state index contributed by atoms with van der Waals surface area (Å²) >= 11 is 0. The van der Waals surface area contributed by atoms with Crippen molar-refractivity contribution in [3.05, 3.63) is 29.8 Å². The normalized spacial score (nSPS) is 18.1. The first-order valence-electron chi connectivity index (χ1n) is 7.08. The molecule has 110 valence electrons. The van der Waals surface area contributed by atoms with Crippen LogP contribution in [0.15, 0.2) is 24.3 Å². The first kappa shape index (κ1) is 14.9. The maximum atomic E-state index is 12.0. The van der Waals surface area contributed by atoms with Crippen LogP contribution in [0, 0.1) is 5.92 Å². The molecule has 20 heavy (non-hydrogen) atoms. The highest BCUT2D eigenvalue weighted by molar-refractivity contribution is 5.75. The summed E-state index contributed by atoms with van der Waals surface area (Å²) in [6.07, 6.45) is 0.738. The van der Waals surface area contributed by atoms with Gasteiger partial charge < -0.3 is 14.8 Å². The molecule has 0 radical (unpaired) electrons. The number of hydrogen-bond donors (Lipinski definition) is 1. The second-order valence-electron chi connectivity index (χ2n) is 6.07. The molecular formula is C16H23NO3. The summed E-state index contributed by atoms with van der Waals surface area (Å²) < 4.78 is 10.8. The second-order valence-corrected chi connectivity index (χ2v) is 6.07. The summed E-state index contributed by atoms with van der Waals surface area (Å²) in [5, 5.41) is 3.28. The molecule has 0 aromatic heterocycles. The average molecular weight is 277 g/mol. The molecule has 0 saturated heterocycles. The summed E-state index contributed by atoms with van der Waals surface area (Å²) in [6.45, 7) is 7.33.